The van der Waals surface area contributed by atoms with Crippen LogP contribution in [0.4, 0.5) is 5.69 Å². The van der Waals surface area contributed by atoms with E-state index in [4.69, 9.17) is 19.9 Å². The molecule has 2 aromatic carbocycles. The van der Waals surface area contributed by atoms with Crippen molar-refractivity contribution < 1.29 is 43.3 Å². The summed E-state index contributed by atoms with van der Waals surface area (Å²) in [6.07, 6.45) is 7.47. The highest BCUT2D eigenvalue weighted by Crippen LogP contribution is 2.36. The second-order valence-electron chi connectivity index (χ2n) is 14.7. The predicted octanol–water partition coefficient (Wildman–Crippen LogP) is 5.41. The lowest BCUT2D eigenvalue weighted by Gasteiger charge is -2.31. The van der Waals surface area contributed by atoms with Gasteiger partial charge in [-0.25, -0.2) is 9.59 Å². The Balaban J connectivity index is 1.69. The number of nitrogens with one attached hydrogen (secondary N) is 3. The number of ether oxygens (including phenoxy) is 3. The van der Waals surface area contributed by atoms with E-state index in [1.54, 1.807) is 45.0 Å². The van der Waals surface area contributed by atoms with Gasteiger partial charge in [0.15, 0.2) is 0 Å². The van der Waals surface area contributed by atoms with Gasteiger partial charge in [-0.05, 0) is 66.5 Å². The standard InChI is InChI=1S/C43H56N4O9/c1-7-14-35(42(51)52)45-39(48)32-22-30(56-36(21-26(4)27-15-10-8-11-16-27)31-20-19-29(54-5)24-34(31)44)23-33(32)40(49)46-37(25(2)3)41(50)47-38(43(53)55-6)28-17-12-9-13-18-28/h8,10-11,15-16,19-21,23-25,28,30,32,35,37-38H,4,7,9,12-14,17-18,22,44H2,1-3,5-6H3,(H,45,48)(H,46,49)(H,47,50)(H,51,52)/b36-21+/t30-,32-,35-,37-,38-/m0/s1. The fraction of sp³-hybridized carbons (Fsp3) is 0.465. The van der Waals surface area contributed by atoms with E-state index in [1.165, 1.54) is 20.3 Å². The molecule has 1 saturated carbocycles. The molecule has 13 nitrogen and oxygen atoms in total. The maximum Gasteiger partial charge on any atom is 0.328 e. The monoisotopic (exact) mass is 772 g/mol. The van der Waals surface area contributed by atoms with Gasteiger partial charge in [-0.2, -0.15) is 0 Å². The molecule has 6 N–H and O–H groups in total. The van der Waals surface area contributed by atoms with Crippen molar-refractivity contribution in [2.45, 2.75) is 96.4 Å². The van der Waals surface area contributed by atoms with Gasteiger partial charge in [-0.3, -0.25) is 14.4 Å². The third kappa shape index (κ3) is 11.2. The molecule has 0 aliphatic heterocycles. The Labute approximate surface area is 329 Å². The minimum Gasteiger partial charge on any atom is -0.497 e. The highest BCUT2D eigenvalue weighted by Gasteiger charge is 2.41. The number of anilines is 1. The van der Waals surface area contributed by atoms with Crippen LogP contribution in [-0.2, 0) is 33.4 Å². The van der Waals surface area contributed by atoms with Crippen LogP contribution in [0.25, 0.3) is 11.3 Å². The number of carbonyl (C=O) groups is 5. The molecule has 56 heavy (non-hydrogen) atoms. The number of nitrogens with two attached hydrogens (primary N) is 1. The van der Waals surface area contributed by atoms with E-state index in [1.807, 2.05) is 30.3 Å². The van der Waals surface area contributed by atoms with Crippen molar-refractivity contribution in [2.24, 2.45) is 17.8 Å². The quantitative estimate of drug-likeness (QED) is 0.0566. The van der Waals surface area contributed by atoms with Crippen LogP contribution in [0.2, 0.25) is 0 Å². The van der Waals surface area contributed by atoms with Gasteiger partial charge in [0.05, 0.1) is 20.1 Å². The molecular formula is C43H56N4O9. The fourth-order valence-corrected chi connectivity index (χ4v) is 7.22. The summed E-state index contributed by atoms with van der Waals surface area (Å²) in [7, 11) is 2.80. The minimum atomic E-state index is -1.20. The Morgan fingerprint density at radius 3 is 2.27 bits per heavy atom. The first-order valence-electron chi connectivity index (χ1n) is 19.3. The van der Waals surface area contributed by atoms with E-state index < -0.39 is 65.7 Å². The second-order valence-corrected chi connectivity index (χ2v) is 14.7. The molecule has 1 fully saturated rings. The lowest BCUT2D eigenvalue weighted by Crippen LogP contribution is -2.56. The van der Waals surface area contributed by atoms with Crippen molar-refractivity contribution in [2.75, 3.05) is 20.0 Å². The van der Waals surface area contributed by atoms with Crippen molar-refractivity contribution in [1.29, 1.82) is 0 Å². The Morgan fingerprint density at radius 2 is 1.68 bits per heavy atom. The number of aliphatic carboxylic acids is 1. The first kappa shape index (κ1) is 43.1. The molecule has 2 aliphatic rings. The summed E-state index contributed by atoms with van der Waals surface area (Å²) in [5.74, 6) is -4.49. The number of hydrogen-bond donors (Lipinski definition) is 5. The summed E-state index contributed by atoms with van der Waals surface area (Å²) in [5.41, 5.74) is 8.77. The normalized spacial score (nSPS) is 18.8. The van der Waals surface area contributed by atoms with Crippen LogP contribution in [0.15, 0.2) is 72.8 Å². The summed E-state index contributed by atoms with van der Waals surface area (Å²) >= 11 is 0. The van der Waals surface area contributed by atoms with E-state index >= 15 is 0 Å². The van der Waals surface area contributed by atoms with Crippen LogP contribution < -0.4 is 26.4 Å². The Hall–Kier alpha value is -5.59. The summed E-state index contributed by atoms with van der Waals surface area (Å²) in [6, 6.07) is 11.4. The first-order valence-corrected chi connectivity index (χ1v) is 19.3. The number of allylic oxidation sites excluding steroid dienone is 2. The van der Waals surface area contributed by atoms with Gasteiger partial charge >= 0.3 is 11.9 Å². The molecule has 302 valence electrons. The summed E-state index contributed by atoms with van der Waals surface area (Å²) < 4.78 is 16.9. The van der Waals surface area contributed by atoms with Crippen LogP contribution in [0.3, 0.4) is 0 Å². The van der Waals surface area contributed by atoms with Gasteiger partial charge in [-0.15, -0.1) is 0 Å². The highest BCUT2D eigenvalue weighted by atomic mass is 16.5. The molecule has 4 rings (SSSR count). The Kier molecular flexibility index (Phi) is 15.7. The minimum absolute atomic E-state index is 0.00678. The molecule has 5 atom stereocenters. The maximum absolute atomic E-state index is 14.2. The second kappa shape index (κ2) is 20.4. The van der Waals surface area contributed by atoms with E-state index in [0.717, 1.165) is 37.7 Å². The number of carboxylic acids is 1. The number of benzene rings is 2. The van der Waals surface area contributed by atoms with Crippen LogP contribution in [-0.4, -0.2) is 73.2 Å². The van der Waals surface area contributed by atoms with Gasteiger partial charge in [-0.1, -0.05) is 83.4 Å². The SMILES string of the molecule is C=C(/C=C(/O[C@@H]1C=C(C(=O)N[C@H](C(=O)N[C@H](C(=O)OC)C2CCCCC2)C(C)C)[C@@H](C(=O)N[C@@H](CCC)C(=O)O)C1)c1ccc(OC)cc1N)c1ccccc1. The number of rotatable bonds is 18. The van der Waals surface area contributed by atoms with Crippen LogP contribution in [0.5, 0.6) is 5.75 Å². The third-order valence-electron chi connectivity index (χ3n) is 10.3. The van der Waals surface area contributed by atoms with Crippen molar-refractivity contribution >= 4 is 46.7 Å². The fourth-order valence-electron chi connectivity index (χ4n) is 7.22. The zero-order chi connectivity index (χ0) is 40.9. The lowest BCUT2D eigenvalue weighted by atomic mass is 9.83. The van der Waals surface area contributed by atoms with Crippen molar-refractivity contribution in [3.8, 4) is 5.75 Å². The zero-order valence-corrected chi connectivity index (χ0v) is 33.0. The number of carboxylic acid groups (broad SMARTS) is 1. The Morgan fingerprint density at radius 1 is 0.982 bits per heavy atom. The molecule has 2 aromatic rings. The number of nitrogen functional groups attached to an aromatic ring is 1. The highest BCUT2D eigenvalue weighted by molar-refractivity contribution is 6.03. The lowest BCUT2D eigenvalue weighted by molar-refractivity contribution is -0.147. The molecule has 2 aliphatic carbocycles. The largest absolute Gasteiger partial charge is 0.497 e. The molecule has 0 saturated heterocycles. The van der Waals surface area contributed by atoms with Gasteiger partial charge in [0.1, 0.15) is 35.7 Å². The molecule has 3 amide bonds. The van der Waals surface area contributed by atoms with Gasteiger partial charge in [0.25, 0.3) is 0 Å². The molecule has 0 spiro atoms. The van der Waals surface area contributed by atoms with Crippen molar-refractivity contribution in [3.63, 3.8) is 0 Å². The Bertz CT molecular complexity index is 1800. The molecule has 0 unspecified atom stereocenters. The number of esters is 1. The number of methoxy groups -OCH3 is 2. The zero-order valence-electron chi connectivity index (χ0n) is 33.0. The molecule has 0 heterocycles. The molecular weight excluding hydrogens is 716 g/mol. The van der Waals surface area contributed by atoms with Crippen LogP contribution >= 0.6 is 0 Å². The van der Waals surface area contributed by atoms with Gasteiger partial charge < -0.3 is 41.0 Å². The number of carbonyl (C=O) groups excluding carboxylic acids is 4. The average Bonchev–Trinajstić information content (AvgIpc) is 3.62. The average molecular weight is 773 g/mol. The van der Waals surface area contributed by atoms with E-state index in [-0.39, 0.29) is 24.3 Å². The molecule has 0 aromatic heterocycles. The van der Waals surface area contributed by atoms with E-state index in [9.17, 15) is 29.1 Å². The van der Waals surface area contributed by atoms with Crippen molar-refractivity contribution in [3.05, 3.63) is 84.0 Å². The van der Waals surface area contributed by atoms with Crippen LogP contribution in [0, 0.1) is 17.8 Å². The number of hydrogen-bond acceptors (Lipinski definition) is 9. The van der Waals surface area contributed by atoms with Gasteiger partial charge in [0.2, 0.25) is 17.7 Å². The first-order chi connectivity index (χ1) is 26.8. The molecule has 0 bridgehead atoms. The third-order valence-corrected chi connectivity index (χ3v) is 10.3. The van der Waals surface area contributed by atoms with Crippen molar-refractivity contribution in [1.82, 2.24) is 16.0 Å². The predicted molar refractivity (Wildman–Crippen MR) is 214 cm³/mol. The van der Waals surface area contributed by atoms with E-state index in [0.29, 0.717) is 34.8 Å². The molecule has 13 heteroatoms. The van der Waals surface area contributed by atoms with Gasteiger partial charge in [0, 0.05) is 29.3 Å². The topological polar surface area (TPSA) is 195 Å². The van der Waals surface area contributed by atoms with E-state index in [2.05, 4.69) is 22.5 Å². The smallest absolute Gasteiger partial charge is 0.328 e. The summed E-state index contributed by atoms with van der Waals surface area (Å²) in [5, 5.41) is 18.1. The number of amides is 3. The summed E-state index contributed by atoms with van der Waals surface area (Å²) in [4.78, 5) is 66.8. The maximum atomic E-state index is 14.2. The molecule has 0 radical (unpaired) electrons. The summed E-state index contributed by atoms with van der Waals surface area (Å²) in [6.45, 7) is 9.55. The van der Waals surface area contributed by atoms with Crippen LogP contribution in [0.1, 0.15) is 83.3 Å².